The van der Waals surface area contributed by atoms with Crippen molar-refractivity contribution in [3.63, 3.8) is 0 Å². The van der Waals surface area contributed by atoms with Crippen LogP contribution in [-0.4, -0.2) is 11.0 Å². The minimum Gasteiger partial charge on any atom is -0.332 e. The van der Waals surface area contributed by atoms with Gasteiger partial charge in [0.15, 0.2) is 5.11 Å². The van der Waals surface area contributed by atoms with Crippen LogP contribution in [0.2, 0.25) is 0 Å². The summed E-state index contributed by atoms with van der Waals surface area (Å²) in [6, 6.07) is 23.5. The maximum Gasteiger partial charge on any atom is 0.230 e. The molecular formula is C19H16N2OS. The Bertz CT molecular complexity index is 841. The summed E-state index contributed by atoms with van der Waals surface area (Å²) >= 11 is 5.18. The van der Waals surface area contributed by atoms with Gasteiger partial charge < -0.3 is 10.6 Å². The SMILES string of the molecule is O=C(Cc1cccc2ccccc12)NC(=S)Nc1ccccc1. The molecule has 0 radical (unpaired) electrons. The third-order valence-electron chi connectivity index (χ3n) is 3.52. The molecule has 0 fully saturated rings. The first kappa shape index (κ1) is 15.2. The minimum atomic E-state index is -0.130. The fourth-order valence-electron chi connectivity index (χ4n) is 2.47. The molecule has 114 valence electrons. The van der Waals surface area contributed by atoms with Crippen LogP contribution in [0.15, 0.2) is 72.8 Å². The molecule has 1 amide bonds. The van der Waals surface area contributed by atoms with E-state index >= 15 is 0 Å². The van der Waals surface area contributed by atoms with Crippen molar-refractivity contribution in [2.75, 3.05) is 5.32 Å². The molecule has 0 aliphatic rings. The van der Waals surface area contributed by atoms with E-state index in [1.165, 1.54) is 0 Å². The summed E-state index contributed by atoms with van der Waals surface area (Å²) < 4.78 is 0. The Kier molecular flexibility index (Phi) is 4.64. The van der Waals surface area contributed by atoms with Gasteiger partial charge in [-0.2, -0.15) is 0 Å². The van der Waals surface area contributed by atoms with Gasteiger partial charge in [0.2, 0.25) is 5.91 Å². The number of carbonyl (C=O) groups excluding carboxylic acids is 1. The number of thiocarbonyl (C=S) groups is 1. The largest absolute Gasteiger partial charge is 0.332 e. The summed E-state index contributed by atoms with van der Waals surface area (Å²) in [4.78, 5) is 12.2. The molecule has 0 heterocycles. The van der Waals surface area contributed by atoms with E-state index in [9.17, 15) is 4.79 Å². The van der Waals surface area contributed by atoms with Gasteiger partial charge in [0.05, 0.1) is 6.42 Å². The fraction of sp³-hybridized carbons (Fsp3) is 0.0526. The number of hydrogen-bond donors (Lipinski definition) is 2. The number of benzene rings is 3. The number of nitrogens with one attached hydrogen (secondary N) is 2. The van der Waals surface area contributed by atoms with Gasteiger partial charge >= 0.3 is 0 Å². The topological polar surface area (TPSA) is 41.1 Å². The van der Waals surface area contributed by atoms with Crippen LogP contribution in [0.25, 0.3) is 10.8 Å². The molecule has 0 saturated heterocycles. The van der Waals surface area contributed by atoms with Crippen molar-refractivity contribution < 1.29 is 4.79 Å². The quantitative estimate of drug-likeness (QED) is 0.719. The maximum absolute atomic E-state index is 12.2. The Hall–Kier alpha value is -2.72. The van der Waals surface area contributed by atoms with Crippen molar-refractivity contribution in [1.29, 1.82) is 0 Å². The highest BCUT2D eigenvalue weighted by atomic mass is 32.1. The van der Waals surface area contributed by atoms with Gasteiger partial charge in [0.1, 0.15) is 0 Å². The van der Waals surface area contributed by atoms with Crippen LogP contribution in [-0.2, 0) is 11.2 Å². The monoisotopic (exact) mass is 320 g/mol. The van der Waals surface area contributed by atoms with Gasteiger partial charge in [-0.15, -0.1) is 0 Å². The highest BCUT2D eigenvalue weighted by Gasteiger charge is 2.08. The first-order valence-corrected chi connectivity index (χ1v) is 7.76. The van der Waals surface area contributed by atoms with Gasteiger partial charge in [-0.05, 0) is 40.7 Å². The van der Waals surface area contributed by atoms with Crippen molar-refractivity contribution in [2.24, 2.45) is 0 Å². The predicted molar refractivity (Wildman–Crippen MR) is 98.5 cm³/mol. The minimum absolute atomic E-state index is 0.130. The summed E-state index contributed by atoms with van der Waals surface area (Å²) in [6.45, 7) is 0. The van der Waals surface area contributed by atoms with E-state index in [1.54, 1.807) is 0 Å². The van der Waals surface area contributed by atoms with Crippen molar-refractivity contribution in [3.8, 4) is 0 Å². The normalized spacial score (nSPS) is 10.3. The van der Waals surface area contributed by atoms with Crippen molar-refractivity contribution in [1.82, 2.24) is 5.32 Å². The lowest BCUT2D eigenvalue weighted by Gasteiger charge is -2.10. The first-order chi connectivity index (χ1) is 11.2. The molecule has 23 heavy (non-hydrogen) atoms. The molecule has 0 aliphatic carbocycles. The van der Waals surface area contributed by atoms with Crippen LogP contribution < -0.4 is 10.6 Å². The second-order valence-corrected chi connectivity index (χ2v) is 5.59. The maximum atomic E-state index is 12.2. The number of fused-ring (bicyclic) bond motifs is 1. The van der Waals surface area contributed by atoms with Crippen LogP contribution in [0.1, 0.15) is 5.56 Å². The Morgan fingerprint density at radius 1 is 0.870 bits per heavy atom. The van der Waals surface area contributed by atoms with E-state index < -0.39 is 0 Å². The molecular weight excluding hydrogens is 304 g/mol. The van der Waals surface area contributed by atoms with Crippen LogP contribution >= 0.6 is 12.2 Å². The smallest absolute Gasteiger partial charge is 0.230 e. The van der Waals surface area contributed by atoms with Crippen molar-refractivity contribution in [2.45, 2.75) is 6.42 Å². The zero-order valence-electron chi connectivity index (χ0n) is 12.5. The first-order valence-electron chi connectivity index (χ1n) is 7.35. The molecule has 3 rings (SSSR count). The van der Waals surface area contributed by atoms with Crippen molar-refractivity contribution >= 4 is 39.7 Å². The molecule has 3 aromatic rings. The molecule has 0 atom stereocenters. The molecule has 0 saturated carbocycles. The van der Waals surface area contributed by atoms with Gasteiger partial charge in [0, 0.05) is 5.69 Å². The van der Waals surface area contributed by atoms with Crippen LogP contribution in [0.3, 0.4) is 0 Å². The molecule has 0 aromatic heterocycles. The van der Waals surface area contributed by atoms with E-state index in [0.29, 0.717) is 5.11 Å². The van der Waals surface area contributed by atoms with Gasteiger partial charge in [-0.3, -0.25) is 4.79 Å². The molecule has 0 unspecified atom stereocenters. The standard InChI is InChI=1S/C19H16N2OS/c22-18(21-19(23)20-16-10-2-1-3-11-16)13-15-9-6-8-14-7-4-5-12-17(14)15/h1-12H,13H2,(H2,20,21,22,23). The second-order valence-electron chi connectivity index (χ2n) is 5.18. The Morgan fingerprint density at radius 3 is 2.39 bits per heavy atom. The highest BCUT2D eigenvalue weighted by molar-refractivity contribution is 7.80. The summed E-state index contributed by atoms with van der Waals surface area (Å²) in [5, 5.41) is 8.24. The summed E-state index contributed by atoms with van der Waals surface area (Å²) in [5.41, 5.74) is 1.84. The Balaban J connectivity index is 1.66. The van der Waals surface area contributed by atoms with Crippen LogP contribution in [0.5, 0.6) is 0 Å². The van der Waals surface area contributed by atoms with E-state index in [4.69, 9.17) is 12.2 Å². The van der Waals surface area contributed by atoms with Crippen LogP contribution in [0.4, 0.5) is 5.69 Å². The molecule has 0 aliphatic heterocycles. The van der Waals surface area contributed by atoms with Gasteiger partial charge in [0.25, 0.3) is 0 Å². The van der Waals surface area contributed by atoms with E-state index in [-0.39, 0.29) is 12.3 Å². The third-order valence-corrected chi connectivity index (χ3v) is 3.72. The molecule has 3 nitrogen and oxygen atoms in total. The zero-order chi connectivity index (χ0) is 16.1. The number of amides is 1. The Morgan fingerprint density at radius 2 is 1.57 bits per heavy atom. The predicted octanol–water partition coefficient (Wildman–Crippen LogP) is 3.90. The average Bonchev–Trinajstić information content (AvgIpc) is 2.56. The number of rotatable bonds is 3. The fourth-order valence-corrected chi connectivity index (χ4v) is 2.71. The zero-order valence-corrected chi connectivity index (χ0v) is 13.3. The van der Waals surface area contributed by atoms with E-state index in [1.807, 2.05) is 72.8 Å². The average molecular weight is 320 g/mol. The number of para-hydroxylation sites is 1. The summed E-state index contributed by atoms with van der Waals surface area (Å²) in [7, 11) is 0. The molecule has 4 heteroatoms. The highest BCUT2D eigenvalue weighted by Crippen LogP contribution is 2.18. The van der Waals surface area contributed by atoms with E-state index in [0.717, 1.165) is 22.0 Å². The van der Waals surface area contributed by atoms with Crippen molar-refractivity contribution in [3.05, 3.63) is 78.4 Å². The molecule has 3 aromatic carbocycles. The summed E-state index contributed by atoms with van der Waals surface area (Å²) in [6.07, 6.45) is 0.290. The molecule has 2 N–H and O–H groups in total. The lowest BCUT2D eigenvalue weighted by molar-refractivity contribution is -0.119. The summed E-state index contributed by atoms with van der Waals surface area (Å²) in [5.74, 6) is -0.130. The Labute approximate surface area is 140 Å². The second kappa shape index (κ2) is 7.03. The van der Waals surface area contributed by atoms with Crippen LogP contribution in [0, 0.1) is 0 Å². The number of carbonyl (C=O) groups is 1. The lowest BCUT2D eigenvalue weighted by atomic mass is 10.0. The number of hydrogen-bond acceptors (Lipinski definition) is 2. The van der Waals surface area contributed by atoms with Gasteiger partial charge in [-0.1, -0.05) is 60.7 Å². The lowest BCUT2D eigenvalue weighted by Crippen LogP contribution is -2.35. The number of anilines is 1. The molecule has 0 spiro atoms. The third kappa shape index (κ3) is 3.93. The van der Waals surface area contributed by atoms with E-state index in [2.05, 4.69) is 10.6 Å². The molecule has 0 bridgehead atoms. The van der Waals surface area contributed by atoms with Gasteiger partial charge in [-0.25, -0.2) is 0 Å².